The molecule has 1 aromatic carbocycles. The quantitative estimate of drug-likeness (QED) is 0.692. The summed E-state index contributed by atoms with van der Waals surface area (Å²) in [6.45, 7) is 0. The normalized spacial score (nSPS) is 13.2. The molecule has 1 atom stereocenters. The minimum atomic E-state index is -4.85. The smallest absolute Gasteiger partial charge is 0.317 e. The van der Waals surface area contributed by atoms with Gasteiger partial charge in [0, 0.05) is 10.4 Å². The molecule has 2 rings (SSSR count). The van der Waals surface area contributed by atoms with Gasteiger partial charge in [0.1, 0.15) is 11.9 Å². The summed E-state index contributed by atoms with van der Waals surface area (Å²) < 4.78 is 50.9. The lowest BCUT2D eigenvalue weighted by atomic mass is 10.0. The summed E-state index contributed by atoms with van der Waals surface area (Å²) in [5.41, 5.74) is 3.96. The number of carbonyl (C=O) groups excluding carboxylic acids is 1. The minimum absolute atomic E-state index is 0.264. The van der Waals surface area contributed by atoms with Crippen LogP contribution in [-0.2, 0) is 6.18 Å². The first-order chi connectivity index (χ1) is 9.30. The van der Waals surface area contributed by atoms with Gasteiger partial charge in [-0.15, -0.1) is 11.3 Å². The third-order valence-electron chi connectivity index (χ3n) is 2.69. The molecule has 2 N–H and O–H groups in total. The van der Waals surface area contributed by atoms with Gasteiger partial charge in [-0.25, -0.2) is 4.39 Å². The monoisotopic (exact) mass is 303 g/mol. The van der Waals surface area contributed by atoms with Gasteiger partial charge in [0.05, 0.1) is 5.56 Å². The molecule has 0 saturated carbocycles. The summed E-state index contributed by atoms with van der Waals surface area (Å²) in [5, 5.41) is 1.70. The van der Waals surface area contributed by atoms with Gasteiger partial charge in [-0.05, 0) is 29.6 Å². The third kappa shape index (κ3) is 2.88. The zero-order valence-corrected chi connectivity index (χ0v) is 10.8. The Morgan fingerprint density at radius 3 is 2.50 bits per heavy atom. The molecular weight excluding hydrogens is 294 g/mol. The number of benzene rings is 1. The van der Waals surface area contributed by atoms with Gasteiger partial charge >= 0.3 is 6.18 Å². The van der Waals surface area contributed by atoms with E-state index in [4.69, 9.17) is 5.73 Å². The maximum atomic E-state index is 13.1. The molecule has 0 bridgehead atoms. The number of nitrogens with two attached hydrogens (primary N) is 1. The Balaban J connectivity index is 2.36. The number of hydrogen-bond donors (Lipinski definition) is 1. The predicted molar refractivity (Wildman–Crippen MR) is 67.0 cm³/mol. The molecular formula is C13H9F4NOS. The van der Waals surface area contributed by atoms with E-state index >= 15 is 0 Å². The van der Waals surface area contributed by atoms with Crippen LogP contribution in [0.1, 0.15) is 26.8 Å². The molecule has 1 aromatic heterocycles. The Morgan fingerprint density at radius 2 is 1.95 bits per heavy atom. The summed E-state index contributed by atoms with van der Waals surface area (Å²) >= 11 is 1.22. The first kappa shape index (κ1) is 14.7. The zero-order chi connectivity index (χ0) is 14.9. The molecule has 0 amide bonds. The molecule has 0 saturated heterocycles. The summed E-state index contributed by atoms with van der Waals surface area (Å²) in [5.74, 6) is -2.10. The van der Waals surface area contributed by atoms with Crippen LogP contribution in [0.2, 0.25) is 0 Å². The molecule has 0 aliphatic heterocycles. The highest BCUT2D eigenvalue weighted by Crippen LogP contribution is 2.32. The SMILES string of the molecule is NC(C(=O)c1ccc(F)c(C(F)(F)F)c1)c1cccs1. The second kappa shape index (κ2) is 5.34. The van der Waals surface area contributed by atoms with E-state index in [0.29, 0.717) is 17.0 Å². The fourth-order valence-electron chi connectivity index (χ4n) is 1.67. The average Bonchev–Trinajstić information content (AvgIpc) is 2.90. The molecule has 0 radical (unpaired) electrons. The van der Waals surface area contributed by atoms with Crippen LogP contribution in [0, 0.1) is 5.82 Å². The molecule has 2 nitrogen and oxygen atoms in total. The fraction of sp³-hybridized carbons (Fsp3) is 0.154. The lowest BCUT2D eigenvalue weighted by molar-refractivity contribution is -0.140. The first-order valence-corrected chi connectivity index (χ1v) is 6.38. The van der Waals surface area contributed by atoms with E-state index < -0.39 is 29.4 Å². The third-order valence-corrected chi connectivity index (χ3v) is 3.64. The van der Waals surface area contributed by atoms with E-state index in [2.05, 4.69) is 0 Å². The number of hydrogen-bond acceptors (Lipinski definition) is 3. The van der Waals surface area contributed by atoms with E-state index in [-0.39, 0.29) is 5.56 Å². The largest absolute Gasteiger partial charge is 0.419 e. The Kier molecular flexibility index (Phi) is 3.92. The molecule has 106 valence electrons. The van der Waals surface area contributed by atoms with Crippen molar-refractivity contribution in [2.24, 2.45) is 5.73 Å². The molecule has 7 heteroatoms. The Bertz CT molecular complexity index is 622. The van der Waals surface area contributed by atoms with E-state index in [0.717, 1.165) is 6.07 Å². The lowest BCUT2D eigenvalue weighted by Gasteiger charge is -2.12. The van der Waals surface area contributed by atoms with Crippen LogP contribution in [-0.4, -0.2) is 5.78 Å². The lowest BCUT2D eigenvalue weighted by Crippen LogP contribution is -2.21. The van der Waals surface area contributed by atoms with E-state index in [1.165, 1.54) is 11.3 Å². The van der Waals surface area contributed by atoms with Crippen molar-refractivity contribution < 1.29 is 22.4 Å². The molecule has 2 aromatic rings. The maximum absolute atomic E-state index is 13.1. The van der Waals surface area contributed by atoms with Gasteiger partial charge in [-0.1, -0.05) is 6.07 Å². The van der Waals surface area contributed by atoms with Crippen LogP contribution in [0.15, 0.2) is 35.7 Å². The van der Waals surface area contributed by atoms with Gasteiger partial charge in [-0.3, -0.25) is 4.79 Å². The summed E-state index contributed by atoms with van der Waals surface area (Å²) in [6, 6.07) is 4.35. The van der Waals surface area contributed by atoms with Crippen LogP contribution in [0.5, 0.6) is 0 Å². The Hall–Kier alpha value is -1.73. The highest BCUT2D eigenvalue weighted by Gasteiger charge is 2.35. The number of Topliss-reactive ketones (excluding diaryl/α,β-unsaturated/α-hetero) is 1. The number of carbonyl (C=O) groups is 1. The van der Waals surface area contributed by atoms with Crippen molar-refractivity contribution >= 4 is 17.1 Å². The minimum Gasteiger partial charge on any atom is -0.317 e. The van der Waals surface area contributed by atoms with Crippen molar-refractivity contribution in [3.63, 3.8) is 0 Å². The van der Waals surface area contributed by atoms with Crippen LogP contribution in [0.3, 0.4) is 0 Å². The van der Waals surface area contributed by atoms with Gasteiger partial charge in [0.15, 0.2) is 5.78 Å². The molecule has 0 aliphatic carbocycles. The number of thiophene rings is 1. The molecule has 1 heterocycles. The summed E-state index contributed by atoms with van der Waals surface area (Å²) in [7, 11) is 0. The van der Waals surface area contributed by atoms with Crippen molar-refractivity contribution in [3.05, 3.63) is 57.5 Å². The van der Waals surface area contributed by atoms with E-state index in [9.17, 15) is 22.4 Å². The number of ketones is 1. The predicted octanol–water partition coefficient (Wildman–Crippen LogP) is 3.79. The standard InChI is InChI=1S/C13H9F4NOS/c14-9-4-3-7(6-8(9)13(15,16)17)12(19)11(18)10-2-1-5-20-10/h1-6,11H,18H2. The summed E-state index contributed by atoms with van der Waals surface area (Å²) in [6.07, 6.45) is -4.85. The van der Waals surface area contributed by atoms with E-state index in [1.54, 1.807) is 17.5 Å². The Labute approximate surface area is 115 Å². The molecule has 0 aliphatic rings. The van der Waals surface area contributed by atoms with Crippen molar-refractivity contribution in [1.82, 2.24) is 0 Å². The highest BCUT2D eigenvalue weighted by molar-refractivity contribution is 7.10. The topological polar surface area (TPSA) is 43.1 Å². The van der Waals surface area contributed by atoms with Crippen LogP contribution >= 0.6 is 11.3 Å². The van der Waals surface area contributed by atoms with Crippen LogP contribution in [0.25, 0.3) is 0 Å². The second-order valence-electron chi connectivity index (χ2n) is 4.05. The van der Waals surface area contributed by atoms with Gasteiger partial charge in [-0.2, -0.15) is 13.2 Å². The van der Waals surface area contributed by atoms with Crippen molar-refractivity contribution in [2.75, 3.05) is 0 Å². The zero-order valence-electron chi connectivity index (χ0n) is 9.95. The van der Waals surface area contributed by atoms with Crippen LogP contribution in [0.4, 0.5) is 17.6 Å². The number of alkyl halides is 3. The van der Waals surface area contributed by atoms with Gasteiger partial charge in [0.25, 0.3) is 0 Å². The van der Waals surface area contributed by atoms with Crippen LogP contribution < -0.4 is 5.73 Å². The maximum Gasteiger partial charge on any atom is 0.419 e. The number of halogens is 4. The van der Waals surface area contributed by atoms with Crippen molar-refractivity contribution in [1.29, 1.82) is 0 Å². The molecule has 0 fully saturated rings. The second-order valence-corrected chi connectivity index (χ2v) is 5.03. The average molecular weight is 303 g/mol. The summed E-state index contributed by atoms with van der Waals surface area (Å²) in [4.78, 5) is 12.6. The molecule has 20 heavy (non-hydrogen) atoms. The first-order valence-electron chi connectivity index (χ1n) is 5.50. The van der Waals surface area contributed by atoms with E-state index in [1.807, 2.05) is 0 Å². The molecule has 1 unspecified atom stereocenters. The van der Waals surface area contributed by atoms with Gasteiger partial charge in [0.2, 0.25) is 0 Å². The highest BCUT2D eigenvalue weighted by atomic mass is 32.1. The van der Waals surface area contributed by atoms with Crippen molar-refractivity contribution in [3.8, 4) is 0 Å². The van der Waals surface area contributed by atoms with Crippen molar-refractivity contribution in [2.45, 2.75) is 12.2 Å². The molecule has 0 spiro atoms. The number of rotatable bonds is 3. The Morgan fingerprint density at radius 1 is 1.25 bits per heavy atom. The fourth-order valence-corrected chi connectivity index (χ4v) is 2.40. The van der Waals surface area contributed by atoms with Gasteiger partial charge < -0.3 is 5.73 Å².